The van der Waals surface area contributed by atoms with Crippen molar-refractivity contribution < 1.29 is 32.7 Å². The smallest absolute Gasteiger partial charge is 0.0710 e. The predicted molar refractivity (Wildman–Crippen MR) is 79.5 cm³/mol. The molecule has 2 N–H and O–H groups in total. The van der Waals surface area contributed by atoms with Gasteiger partial charge in [0.15, 0.2) is 0 Å². The summed E-state index contributed by atoms with van der Waals surface area (Å²) in [6, 6.07) is 19.0. The van der Waals surface area contributed by atoms with E-state index in [4.69, 9.17) is 5.73 Å². The van der Waals surface area contributed by atoms with Gasteiger partial charge < -0.3 is 12.7 Å². The number of fused-ring (bicyclic) bond motifs is 1. The van der Waals surface area contributed by atoms with E-state index in [1.54, 1.807) is 0 Å². The summed E-state index contributed by atoms with van der Waals surface area (Å²) in [5.74, 6) is 0. The summed E-state index contributed by atoms with van der Waals surface area (Å²) in [4.78, 5) is 4.67. The summed E-state index contributed by atoms with van der Waals surface area (Å²) in [6.07, 6.45) is 0.734. The number of benzene rings is 2. The first-order valence-electron chi connectivity index (χ1n) is 6.23. The maximum absolute atomic E-state index is 5.77. The van der Waals surface area contributed by atoms with Gasteiger partial charge in [0.25, 0.3) is 0 Å². The van der Waals surface area contributed by atoms with Crippen LogP contribution in [0.5, 0.6) is 0 Å². The Labute approximate surface area is 144 Å². The van der Waals surface area contributed by atoms with Crippen LogP contribution < -0.4 is 5.73 Å². The molecule has 0 saturated heterocycles. The van der Waals surface area contributed by atoms with Crippen molar-refractivity contribution >= 4 is 16.6 Å². The Morgan fingerprint density at radius 3 is 2.75 bits per heavy atom. The molecule has 2 aromatic carbocycles. The van der Waals surface area contributed by atoms with Crippen LogP contribution in [0.25, 0.3) is 22.2 Å². The molecule has 97 valence electrons. The third kappa shape index (κ3) is 3.08. The standard InChI is InChI=1S/C17H14N2.Y/c1-2-12-4-3-5-13(10-12)16-8-6-14-11-15(18)7-9-17(14)19-16;/h3,5-11H,1-2,18H2;/q-2;. The maximum Gasteiger partial charge on any atom is 0.0710 e. The molecule has 0 unspecified atom stereocenters. The predicted octanol–water partition coefficient (Wildman–Crippen LogP) is 3.66. The van der Waals surface area contributed by atoms with Crippen molar-refractivity contribution in [1.29, 1.82) is 0 Å². The van der Waals surface area contributed by atoms with Gasteiger partial charge in [-0.2, -0.15) is 36.2 Å². The maximum atomic E-state index is 5.77. The number of pyridine rings is 1. The third-order valence-corrected chi connectivity index (χ3v) is 3.14. The Balaban J connectivity index is 0.00000147. The van der Waals surface area contributed by atoms with Gasteiger partial charge in [-0.1, -0.05) is 6.07 Å². The summed E-state index contributed by atoms with van der Waals surface area (Å²) in [6.45, 7) is 3.88. The molecule has 0 aliphatic carbocycles. The van der Waals surface area contributed by atoms with Crippen LogP contribution in [-0.2, 0) is 39.1 Å². The topological polar surface area (TPSA) is 38.9 Å². The van der Waals surface area contributed by atoms with Crippen molar-refractivity contribution in [2.75, 3.05) is 5.73 Å². The third-order valence-electron chi connectivity index (χ3n) is 3.14. The quantitative estimate of drug-likeness (QED) is 0.573. The number of nitrogen functional groups attached to an aromatic ring is 1. The number of hydrogen-bond donors (Lipinski definition) is 1. The van der Waals surface area contributed by atoms with Crippen LogP contribution >= 0.6 is 0 Å². The van der Waals surface area contributed by atoms with Crippen molar-refractivity contribution in [3.8, 4) is 11.3 Å². The molecular weight excluding hydrogens is 321 g/mol. The normalized spacial score (nSPS) is 10.2. The van der Waals surface area contributed by atoms with Crippen LogP contribution in [0.3, 0.4) is 0 Å². The Morgan fingerprint density at radius 1 is 1.10 bits per heavy atom. The average Bonchev–Trinajstić information content (AvgIpc) is 2.46. The van der Waals surface area contributed by atoms with Gasteiger partial charge in [0, 0.05) is 49.5 Å². The van der Waals surface area contributed by atoms with E-state index in [2.05, 4.69) is 30.1 Å². The van der Waals surface area contributed by atoms with Gasteiger partial charge in [-0.25, -0.2) is 0 Å². The van der Waals surface area contributed by atoms with E-state index in [0.717, 1.165) is 39.8 Å². The summed E-state index contributed by atoms with van der Waals surface area (Å²) in [5, 5.41) is 1.06. The van der Waals surface area contributed by atoms with Crippen LogP contribution in [0.4, 0.5) is 5.69 Å². The molecule has 0 saturated carbocycles. The van der Waals surface area contributed by atoms with Gasteiger partial charge in [-0.3, -0.25) is 4.98 Å². The first-order valence-corrected chi connectivity index (χ1v) is 6.23. The van der Waals surface area contributed by atoms with Gasteiger partial charge in [0.1, 0.15) is 0 Å². The van der Waals surface area contributed by atoms with Crippen LogP contribution in [0.15, 0.2) is 48.5 Å². The zero-order valence-electron chi connectivity index (χ0n) is 11.1. The van der Waals surface area contributed by atoms with Crippen molar-refractivity contribution in [2.24, 2.45) is 0 Å². The number of rotatable bonds is 2. The second-order valence-electron chi connectivity index (χ2n) is 4.50. The van der Waals surface area contributed by atoms with Crippen LogP contribution in [0.2, 0.25) is 0 Å². The number of anilines is 1. The fraction of sp³-hybridized carbons (Fsp3) is 0.0588. The molecule has 3 aromatic rings. The molecule has 0 bridgehead atoms. The van der Waals surface area contributed by atoms with Crippen molar-refractivity contribution in [1.82, 2.24) is 4.98 Å². The molecule has 0 aliphatic rings. The van der Waals surface area contributed by atoms with E-state index in [9.17, 15) is 0 Å². The number of aromatic nitrogens is 1. The Morgan fingerprint density at radius 2 is 1.95 bits per heavy atom. The average molecular weight is 335 g/mol. The summed E-state index contributed by atoms with van der Waals surface area (Å²) in [7, 11) is 0. The molecule has 3 rings (SSSR count). The Kier molecular flexibility index (Phi) is 4.90. The molecule has 2 nitrogen and oxygen atoms in total. The minimum absolute atomic E-state index is 0. The van der Waals surface area contributed by atoms with Gasteiger partial charge in [-0.05, 0) is 24.3 Å². The molecule has 1 aromatic heterocycles. The molecule has 1 radical (unpaired) electrons. The summed E-state index contributed by atoms with van der Waals surface area (Å²) < 4.78 is 0. The summed E-state index contributed by atoms with van der Waals surface area (Å²) in [5.41, 5.74) is 10.6. The number of nitrogens with zero attached hydrogens (tertiary/aromatic N) is 1. The van der Waals surface area contributed by atoms with E-state index < -0.39 is 0 Å². The zero-order chi connectivity index (χ0) is 13.2. The van der Waals surface area contributed by atoms with E-state index in [1.165, 1.54) is 0 Å². The van der Waals surface area contributed by atoms with Crippen LogP contribution in [0.1, 0.15) is 5.56 Å². The van der Waals surface area contributed by atoms with Crippen LogP contribution in [0, 0.1) is 13.0 Å². The van der Waals surface area contributed by atoms with Gasteiger partial charge in [0.2, 0.25) is 0 Å². The minimum atomic E-state index is 0. The summed E-state index contributed by atoms with van der Waals surface area (Å²) >= 11 is 0. The molecule has 0 atom stereocenters. The molecule has 3 heteroatoms. The SMILES string of the molecule is [CH2-]Cc1[c-]ccc(-c2ccc3cc(N)ccc3n2)c1.[Y]. The van der Waals surface area contributed by atoms with Crippen molar-refractivity contribution in [3.05, 3.63) is 67.1 Å². The molecule has 0 spiro atoms. The molecule has 1 heterocycles. The minimum Gasteiger partial charge on any atom is -0.399 e. The largest absolute Gasteiger partial charge is 0.399 e. The Hall–Kier alpha value is -1.25. The molecule has 20 heavy (non-hydrogen) atoms. The molecule has 0 fully saturated rings. The zero-order valence-corrected chi connectivity index (χ0v) is 14.0. The molecule has 0 amide bonds. The van der Waals surface area contributed by atoms with Gasteiger partial charge in [0.05, 0.1) is 5.52 Å². The monoisotopic (exact) mass is 335 g/mol. The molecular formula is C17H14N2Y-2. The number of hydrogen-bond acceptors (Lipinski definition) is 2. The number of nitrogens with two attached hydrogens (primary N) is 1. The second-order valence-corrected chi connectivity index (χ2v) is 4.50. The van der Waals surface area contributed by atoms with E-state index >= 15 is 0 Å². The van der Waals surface area contributed by atoms with Crippen molar-refractivity contribution in [3.63, 3.8) is 0 Å². The van der Waals surface area contributed by atoms with Crippen molar-refractivity contribution in [2.45, 2.75) is 6.42 Å². The first-order chi connectivity index (χ1) is 9.26. The van der Waals surface area contributed by atoms with Gasteiger partial charge in [-0.15, -0.1) is 5.56 Å². The fourth-order valence-corrected chi connectivity index (χ4v) is 2.12. The first kappa shape index (κ1) is 15.1. The van der Waals surface area contributed by atoms with E-state index in [0.29, 0.717) is 0 Å². The van der Waals surface area contributed by atoms with Gasteiger partial charge >= 0.3 is 0 Å². The van der Waals surface area contributed by atoms with Crippen LogP contribution in [-0.4, -0.2) is 4.98 Å². The fourth-order valence-electron chi connectivity index (χ4n) is 2.12. The second kappa shape index (κ2) is 6.47. The van der Waals surface area contributed by atoms with E-state index in [-0.39, 0.29) is 32.7 Å². The Bertz CT molecular complexity index is 738. The molecule has 0 aliphatic heterocycles. The van der Waals surface area contributed by atoms with E-state index in [1.807, 2.05) is 36.4 Å².